The average Bonchev–Trinajstić information content (AvgIpc) is 2.77. The first-order valence-corrected chi connectivity index (χ1v) is 9.45. The molecule has 2 amide bonds. The van der Waals surface area contributed by atoms with E-state index in [9.17, 15) is 71.1 Å². The molecule has 0 aliphatic rings. The minimum atomic E-state index is -7.37. The maximum atomic E-state index is 14.1. The van der Waals surface area contributed by atoms with Crippen molar-refractivity contribution in [1.29, 1.82) is 0 Å². The highest BCUT2D eigenvalue weighted by Crippen LogP contribution is 2.53. The number of anilines is 2. The summed E-state index contributed by atoms with van der Waals surface area (Å²) in [7, 11) is 0. The Morgan fingerprint density at radius 2 is 0.789 bits per heavy atom. The lowest BCUT2D eigenvalue weighted by molar-refractivity contribution is -0.345. The van der Waals surface area contributed by atoms with Crippen LogP contribution in [0.2, 0.25) is 0 Å². The third-order valence-electron chi connectivity index (χ3n) is 4.65. The largest absolute Gasteiger partial charge is 0.416 e. The Bertz CT molecular complexity index is 1110. The molecule has 38 heavy (non-hydrogen) atoms. The van der Waals surface area contributed by atoms with Crippen LogP contribution in [0.5, 0.6) is 0 Å². The first kappa shape index (κ1) is 30.6. The fourth-order valence-corrected chi connectivity index (χ4v) is 2.65. The van der Waals surface area contributed by atoms with Gasteiger partial charge in [-0.05, 0) is 36.4 Å². The predicted molar refractivity (Wildman–Crippen MR) is 99.9 cm³/mol. The summed E-state index contributed by atoms with van der Waals surface area (Å²) in [5, 5.41) is 1.52. The minimum Gasteiger partial charge on any atom is -0.321 e. The molecule has 0 aliphatic carbocycles. The molecule has 2 aromatic carbocycles. The van der Waals surface area contributed by atoms with Gasteiger partial charge in [-0.15, -0.1) is 0 Å². The Hall–Kier alpha value is -3.60. The molecule has 0 aromatic heterocycles. The van der Waals surface area contributed by atoms with Crippen LogP contribution in [-0.4, -0.2) is 35.5 Å². The zero-order valence-corrected chi connectivity index (χ0v) is 17.7. The second-order valence-electron chi connectivity index (χ2n) is 7.36. The van der Waals surface area contributed by atoms with Crippen LogP contribution in [0.4, 0.5) is 72.8 Å². The summed E-state index contributed by atoms with van der Waals surface area (Å²) < 4.78 is 189. The number of amides is 2. The molecule has 0 aliphatic heterocycles. The van der Waals surface area contributed by atoms with Crippen LogP contribution < -0.4 is 10.6 Å². The molecule has 0 saturated heterocycles. The number of hydrogen-bond donors (Lipinski definition) is 2. The standard InChI is InChI=1S/C20H10F14N2O2/c21-15(22,13(37)35-11-5-1-3-9(7-11)17(25,26)27)19(31,32)20(33,34)16(23,24)14(38)36-12-6-2-4-10(8-12)18(28,29)30/h1-8H,(H,35,37)(H,36,38). The molecule has 0 bridgehead atoms. The van der Waals surface area contributed by atoms with Gasteiger partial charge in [0.1, 0.15) is 0 Å². The molecule has 0 spiro atoms. The molecule has 210 valence electrons. The van der Waals surface area contributed by atoms with E-state index in [1.807, 2.05) is 0 Å². The zero-order valence-electron chi connectivity index (χ0n) is 17.7. The maximum Gasteiger partial charge on any atom is 0.416 e. The summed E-state index contributed by atoms with van der Waals surface area (Å²) >= 11 is 0. The Morgan fingerprint density at radius 3 is 1.05 bits per heavy atom. The number of benzene rings is 2. The second-order valence-corrected chi connectivity index (χ2v) is 7.36. The topological polar surface area (TPSA) is 58.2 Å². The Morgan fingerprint density at radius 1 is 0.500 bits per heavy atom. The van der Waals surface area contributed by atoms with Crippen molar-refractivity contribution in [3.63, 3.8) is 0 Å². The number of carbonyl (C=O) groups excluding carboxylic acids is 2. The van der Waals surface area contributed by atoms with E-state index in [-0.39, 0.29) is 12.1 Å². The highest BCUT2D eigenvalue weighted by atomic mass is 19.4. The summed E-state index contributed by atoms with van der Waals surface area (Å²) in [4.78, 5) is 23.2. The van der Waals surface area contributed by atoms with E-state index in [0.29, 0.717) is 36.4 Å². The number of hydrogen-bond acceptors (Lipinski definition) is 2. The predicted octanol–water partition coefficient (Wildman–Crippen LogP) is 6.84. The molecule has 4 nitrogen and oxygen atoms in total. The third kappa shape index (κ3) is 5.62. The first-order valence-electron chi connectivity index (χ1n) is 9.45. The molecule has 0 atom stereocenters. The van der Waals surface area contributed by atoms with E-state index in [4.69, 9.17) is 0 Å². The van der Waals surface area contributed by atoms with E-state index in [1.54, 1.807) is 0 Å². The highest BCUT2D eigenvalue weighted by molar-refractivity contribution is 5.99. The van der Waals surface area contributed by atoms with E-state index in [2.05, 4.69) is 0 Å². The van der Waals surface area contributed by atoms with Gasteiger partial charge in [0.05, 0.1) is 11.1 Å². The van der Waals surface area contributed by atoms with Gasteiger partial charge in [0, 0.05) is 11.4 Å². The minimum absolute atomic E-state index is 0.0681. The van der Waals surface area contributed by atoms with Crippen molar-refractivity contribution >= 4 is 23.2 Å². The van der Waals surface area contributed by atoms with Crippen molar-refractivity contribution in [2.75, 3.05) is 10.6 Å². The van der Waals surface area contributed by atoms with Gasteiger partial charge in [-0.3, -0.25) is 9.59 Å². The van der Waals surface area contributed by atoms with Gasteiger partial charge in [0.25, 0.3) is 0 Å². The molecule has 2 aromatic rings. The molecular weight excluding hydrogens is 566 g/mol. The van der Waals surface area contributed by atoms with Crippen molar-refractivity contribution in [1.82, 2.24) is 0 Å². The summed E-state index contributed by atoms with van der Waals surface area (Å²) in [6, 6.07) is 2.43. The molecule has 0 radical (unpaired) electrons. The first-order chi connectivity index (χ1) is 17.0. The van der Waals surface area contributed by atoms with E-state index >= 15 is 0 Å². The van der Waals surface area contributed by atoms with Crippen molar-refractivity contribution in [3.05, 3.63) is 59.7 Å². The molecule has 0 unspecified atom stereocenters. The average molecular weight is 576 g/mol. The number of halogens is 14. The Kier molecular flexibility index (Phi) is 7.75. The van der Waals surface area contributed by atoms with E-state index in [0.717, 1.165) is 10.6 Å². The SMILES string of the molecule is O=C(Nc1cccc(C(F)(F)F)c1)C(F)(F)C(F)(F)C(F)(F)C(F)(F)C(=O)Nc1cccc(C(F)(F)F)c1. The van der Waals surface area contributed by atoms with Gasteiger partial charge >= 0.3 is 47.9 Å². The van der Waals surface area contributed by atoms with E-state index in [1.165, 1.54) is 0 Å². The van der Waals surface area contributed by atoms with Gasteiger partial charge in [-0.2, -0.15) is 61.5 Å². The van der Waals surface area contributed by atoms with Crippen molar-refractivity contribution < 1.29 is 71.1 Å². The van der Waals surface area contributed by atoms with Gasteiger partial charge in [-0.1, -0.05) is 12.1 Å². The highest BCUT2D eigenvalue weighted by Gasteiger charge is 2.84. The fraction of sp³-hybridized carbons (Fsp3) is 0.300. The molecule has 0 fully saturated rings. The van der Waals surface area contributed by atoms with Crippen LogP contribution in [0.1, 0.15) is 11.1 Å². The van der Waals surface area contributed by atoms with Gasteiger partial charge in [0.2, 0.25) is 0 Å². The molecule has 18 heteroatoms. The maximum absolute atomic E-state index is 14.1. The Labute approximate surface area is 201 Å². The van der Waals surface area contributed by atoms with E-state index < -0.39 is 70.4 Å². The molecule has 2 N–H and O–H groups in total. The van der Waals surface area contributed by atoms with Crippen LogP contribution in [0.25, 0.3) is 0 Å². The van der Waals surface area contributed by atoms with Crippen LogP contribution in [0, 0.1) is 0 Å². The summed E-state index contributed by atoms with van der Waals surface area (Å²) in [5.74, 6) is -35.2. The summed E-state index contributed by atoms with van der Waals surface area (Å²) in [6.07, 6.45) is -10.3. The van der Waals surface area contributed by atoms with Crippen molar-refractivity contribution in [2.45, 2.75) is 36.0 Å². The number of carbonyl (C=O) groups is 2. The Balaban J connectivity index is 2.35. The summed E-state index contributed by atoms with van der Waals surface area (Å²) in [5.41, 5.74) is -5.74. The normalized spacial score (nSPS) is 13.7. The van der Waals surface area contributed by atoms with Gasteiger partial charge in [-0.25, -0.2) is 0 Å². The van der Waals surface area contributed by atoms with Crippen LogP contribution >= 0.6 is 0 Å². The van der Waals surface area contributed by atoms with Crippen molar-refractivity contribution in [2.24, 2.45) is 0 Å². The monoisotopic (exact) mass is 576 g/mol. The smallest absolute Gasteiger partial charge is 0.321 e. The van der Waals surface area contributed by atoms with Gasteiger partial charge in [0.15, 0.2) is 0 Å². The third-order valence-corrected chi connectivity index (χ3v) is 4.65. The second kappa shape index (κ2) is 9.61. The number of nitrogens with one attached hydrogen (secondary N) is 2. The molecule has 0 saturated carbocycles. The van der Waals surface area contributed by atoms with Crippen LogP contribution in [0.3, 0.4) is 0 Å². The lowest BCUT2D eigenvalue weighted by Crippen LogP contribution is -2.67. The number of alkyl halides is 14. The van der Waals surface area contributed by atoms with Gasteiger partial charge < -0.3 is 10.6 Å². The summed E-state index contributed by atoms with van der Waals surface area (Å²) in [6.45, 7) is 0. The number of rotatable bonds is 7. The lowest BCUT2D eigenvalue weighted by atomic mass is 9.97. The molecular formula is C20H10F14N2O2. The van der Waals surface area contributed by atoms with Crippen LogP contribution in [-0.2, 0) is 21.9 Å². The van der Waals surface area contributed by atoms with Crippen LogP contribution in [0.15, 0.2) is 48.5 Å². The van der Waals surface area contributed by atoms with Crippen molar-refractivity contribution in [3.8, 4) is 0 Å². The zero-order chi connectivity index (χ0) is 29.5. The molecule has 2 rings (SSSR count). The fourth-order valence-electron chi connectivity index (χ4n) is 2.65. The lowest BCUT2D eigenvalue weighted by Gasteiger charge is -2.35. The molecule has 0 heterocycles. The quantitative estimate of drug-likeness (QED) is 0.355.